The van der Waals surface area contributed by atoms with Crippen LogP contribution in [0.5, 0.6) is 0 Å². The van der Waals surface area contributed by atoms with Gasteiger partial charge < -0.3 is 9.80 Å². The van der Waals surface area contributed by atoms with Crippen molar-refractivity contribution in [3.05, 3.63) is 82.9 Å². The minimum Gasteiger partial charge on any atom is -0.366 e. The molecule has 6 nitrogen and oxygen atoms in total. The van der Waals surface area contributed by atoms with Crippen molar-refractivity contribution < 1.29 is 9.18 Å². The first kappa shape index (κ1) is 18.7. The van der Waals surface area contributed by atoms with Crippen LogP contribution in [0.1, 0.15) is 27.3 Å². The summed E-state index contributed by atoms with van der Waals surface area (Å²) < 4.78 is 14.2. The molecule has 1 aromatic heterocycles. The fraction of sp³-hybridized carbons (Fsp3) is 0.227. The van der Waals surface area contributed by atoms with E-state index in [4.69, 9.17) is 5.26 Å². The van der Waals surface area contributed by atoms with Gasteiger partial charge in [0.25, 0.3) is 5.91 Å². The van der Waals surface area contributed by atoms with Crippen LogP contribution in [-0.4, -0.2) is 47.2 Å². The monoisotopic (exact) mass is 389 g/mol. The van der Waals surface area contributed by atoms with Crippen molar-refractivity contribution in [2.75, 3.05) is 31.1 Å². The van der Waals surface area contributed by atoms with E-state index in [2.05, 4.69) is 10.2 Å². The quantitative estimate of drug-likeness (QED) is 0.744. The standard InChI is InChI=1S/C22H20FN5O/c23-19-13-17(15-24)6-7-21(19)27-8-10-28(11-9-27)22(29)20-14-18(25-26-20)12-16-4-2-1-3-5-16/h1-7,13-14H,8-12H2,(H,25,26). The topological polar surface area (TPSA) is 76.0 Å². The number of nitriles is 1. The first-order valence-electron chi connectivity index (χ1n) is 9.46. The Labute approximate surface area is 168 Å². The van der Waals surface area contributed by atoms with Gasteiger partial charge >= 0.3 is 0 Å². The van der Waals surface area contributed by atoms with Gasteiger partial charge in [0.05, 0.1) is 17.3 Å². The zero-order valence-corrected chi connectivity index (χ0v) is 15.8. The van der Waals surface area contributed by atoms with E-state index in [1.165, 1.54) is 6.07 Å². The summed E-state index contributed by atoms with van der Waals surface area (Å²) in [4.78, 5) is 16.4. The number of aromatic amines is 1. The lowest BCUT2D eigenvalue weighted by molar-refractivity contribution is 0.0740. The highest BCUT2D eigenvalue weighted by atomic mass is 19.1. The van der Waals surface area contributed by atoms with Crippen LogP contribution in [0, 0.1) is 17.1 Å². The van der Waals surface area contributed by atoms with Gasteiger partial charge in [0.2, 0.25) is 0 Å². The molecule has 1 aliphatic heterocycles. The van der Waals surface area contributed by atoms with Gasteiger partial charge in [-0.2, -0.15) is 10.4 Å². The third-order valence-electron chi connectivity index (χ3n) is 5.07. The number of carbonyl (C=O) groups excluding carboxylic acids is 1. The molecule has 0 spiro atoms. The van der Waals surface area contributed by atoms with Gasteiger partial charge in [0.15, 0.2) is 0 Å². The van der Waals surface area contributed by atoms with Crippen LogP contribution in [0.4, 0.5) is 10.1 Å². The molecule has 2 aromatic carbocycles. The molecular weight excluding hydrogens is 369 g/mol. The maximum atomic E-state index is 14.2. The van der Waals surface area contributed by atoms with Crippen molar-refractivity contribution in [2.24, 2.45) is 0 Å². The minimum atomic E-state index is -0.415. The van der Waals surface area contributed by atoms with Gasteiger partial charge in [0.1, 0.15) is 11.5 Å². The van der Waals surface area contributed by atoms with E-state index < -0.39 is 5.82 Å². The van der Waals surface area contributed by atoms with E-state index in [0.717, 1.165) is 11.3 Å². The van der Waals surface area contributed by atoms with Crippen LogP contribution < -0.4 is 4.90 Å². The number of halogens is 1. The van der Waals surface area contributed by atoms with Gasteiger partial charge in [-0.1, -0.05) is 30.3 Å². The Morgan fingerprint density at radius 3 is 2.55 bits per heavy atom. The number of piperazine rings is 1. The number of aromatic nitrogens is 2. The molecule has 1 saturated heterocycles. The first-order chi connectivity index (χ1) is 14.1. The van der Waals surface area contributed by atoms with Crippen LogP contribution in [0.3, 0.4) is 0 Å². The van der Waals surface area contributed by atoms with Crippen molar-refractivity contribution in [1.29, 1.82) is 5.26 Å². The Morgan fingerprint density at radius 1 is 1.10 bits per heavy atom. The fourth-order valence-electron chi connectivity index (χ4n) is 3.52. The highest BCUT2D eigenvalue weighted by molar-refractivity contribution is 5.92. The minimum absolute atomic E-state index is 0.125. The smallest absolute Gasteiger partial charge is 0.274 e. The molecule has 29 heavy (non-hydrogen) atoms. The molecular formula is C22H20FN5O. The van der Waals surface area contributed by atoms with Gasteiger partial charge in [-0.15, -0.1) is 0 Å². The molecule has 1 N–H and O–H groups in total. The first-order valence-corrected chi connectivity index (χ1v) is 9.46. The Bertz CT molecular complexity index is 1050. The van der Waals surface area contributed by atoms with E-state index >= 15 is 0 Å². The van der Waals surface area contributed by atoms with E-state index in [9.17, 15) is 9.18 Å². The molecule has 7 heteroatoms. The van der Waals surface area contributed by atoms with Crippen LogP contribution in [0.2, 0.25) is 0 Å². The highest BCUT2D eigenvalue weighted by Crippen LogP contribution is 2.22. The average molecular weight is 389 g/mol. The van der Waals surface area contributed by atoms with Crippen molar-refractivity contribution in [3.8, 4) is 6.07 Å². The molecule has 0 aliphatic carbocycles. The zero-order chi connectivity index (χ0) is 20.2. The number of benzene rings is 2. The van der Waals surface area contributed by atoms with E-state index in [-0.39, 0.29) is 5.91 Å². The Morgan fingerprint density at radius 2 is 1.86 bits per heavy atom. The summed E-state index contributed by atoms with van der Waals surface area (Å²) in [6, 6.07) is 18.2. The fourth-order valence-corrected chi connectivity index (χ4v) is 3.52. The second-order valence-electron chi connectivity index (χ2n) is 7.00. The Hall–Kier alpha value is -3.66. The van der Waals surface area contributed by atoms with E-state index in [1.54, 1.807) is 23.1 Å². The van der Waals surface area contributed by atoms with Crippen molar-refractivity contribution in [2.45, 2.75) is 6.42 Å². The van der Waals surface area contributed by atoms with Crippen LogP contribution in [-0.2, 0) is 6.42 Å². The number of carbonyl (C=O) groups is 1. The van der Waals surface area contributed by atoms with Crippen LogP contribution in [0.25, 0.3) is 0 Å². The van der Waals surface area contributed by atoms with Crippen LogP contribution >= 0.6 is 0 Å². The molecule has 1 aliphatic rings. The molecule has 1 amide bonds. The van der Waals surface area contributed by atoms with Crippen molar-refractivity contribution in [1.82, 2.24) is 15.1 Å². The number of anilines is 1. The van der Waals surface area contributed by atoms with Crippen molar-refractivity contribution in [3.63, 3.8) is 0 Å². The van der Waals surface area contributed by atoms with Crippen LogP contribution in [0.15, 0.2) is 54.6 Å². The number of hydrogen-bond acceptors (Lipinski definition) is 4. The molecule has 1 fully saturated rings. The lowest BCUT2D eigenvalue weighted by atomic mass is 10.1. The Kier molecular flexibility index (Phi) is 5.25. The molecule has 3 aromatic rings. The molecule has 4 rings (SSSR count). The number of nitrogens with one attached hydrogen (secondary N) is 1. The molecule has 0 atom stereocenters. The zero-order valence-electron chi connectivity index (χ0n) is 15.8. The number of hydrogen-bond donors (Lipinski definition) is 1. The predicted molar refractivity (Wildman–Crippen MR) is 107 cm³/mol. The third-order valence-corrected chi connectivity index (χ3v) is 5.07. The Balaban J connectivity index is 1.38. The summed E-state index contributed by atoms with van der Waals surface area (Å²) in [7, 11) is 0. The van der Waals surface area contributed by atoms with Gasteiger partial charge in [-0.05, 0) is 29.8 Å². The normalized spacial score (nSPS) is 13.9. The lowest BCUT2D eigenvalue weighted by Gasteiger charge is -2.35. The summed E-state index contributed by atoms with van der Waals surface area (Å²) in [6.07, 6.45) is 0.687. The molecule has 2 heterocycles. The van der Waals surface area contributed by atoms with Gasteiger partial charge in [-0.3, -0.25) is 9.89 Å². The molecule has 146 valence electrons. The largest absolute Gasteiger partial charge is 0.366 e. The lowest BCUT2D eigenvalue weighted by Crippen LogP contribution is -2.49. The summed E-state index contributed by atoms with van der Waals surface area (Å²) in [5.74, 6) is -0.540. The second kappa shape index (κ2) is 8.15. The number of nitrogens with zero attached hydrogens (tertiary/aromatic N) is 4. The summed E-state index contributed by atoms with van der Waals surface area (Å²) in [5, 5.41) is 16.0. The summed E-state index contributed by atoms with van der Waals surface area (Å²) in [5.41, 5.74) is 3.19. The van der Waals surface area contributed by atoms with E-state index in [1.807, 2.05) is 41.3 Å². The van der Waals surface area contributed by atoms with Gasteiger partial charge in [0, 0.05) is 38.3 Å². The predicted octanol–water partition coefficient (Wildman–Crippen LogP) is 2.97. The van der Waals surface area contributed by atoms with Gasteiger partial charge in [-0.25, -0.2) is 4.39 Å². The molecule has 0 saturated carbocycles. The maximum Gasteiger partial charge on any atom is 0.274 e. The van der Waals surface area contributed by atoms with E-state index in [0.29, 0.717) is 49.5 Å². The summed E-state index contributed by atoms with van der Waals surface area (Å²) in [6.45, 7) is 2.02. The maximum absolute atomic E-state index is 14.2. The van der Waals surface area contributed by atoms with Crippen molar-refractivity contribution >= 4 is 11.6 Å². The second-order valence-corrected chi connectivity index (χ2v) is 7.00. The SMILES string of the molecule is N#Cc1ccc(N2CCN(C(=O)c3cc(Cc4ccccc4)[nH]n3)CC2)c(F)c1. The summed E-state index contributed by atoms with van der Waals surface area (Å²) >= 11 is 0. The average Bonchev–Trinajstić information content (AvgIpc) is 3.22. The number of rotatable bonds is 4. The molecule has 0 bridgehead atoms. The number of H-pyrrole nitrogens is 1. The molecule has 0 radical (unpaired) electrons. The highest BCUT2D eigenvalue weighted by Gasteiger charge is 2.25. The number of amides is 1. The third kappa shape index (κ3) is 4.11. The molecule has 0 unspecified atom stereocenters.